The summed E-state index contributed by atoms with van der Waals surface area (Å²) in [4.78, 5) is 12.4. The summed E-state index contributed by atoms with van der Waals surface area (Å²) in [7, 11) is 3.12. The van der Waals surface area contributed by atoms with Crippen LogP contribution < -0.4 is 14.8 Å². The molecule has 0 unspecified atom stereocenters. The van der Waals surface area contributed by atoms with Crippen molar-refractivity contribution in [2.45, 2.75) is 19.8 Å². The van der Waals surface area contributed by atoms with E-state index in [1.54, 1.807) is 26.4 Å². The Morgan fingerprint density at radius 1 is 1.16 bits per heavy atom. The average Bonchev–Trinajstić information content (AvgIpc) is 2.66. The number of anilines is 1. The van der Waals surface area contributed by atoms with Gasteiger partial charge in [-0.1, -0.05) is 25.1 Å². The van der Waals surface area contributed by atoms with Crippen molar-refractivity contribution in [1.82, 2.24) is 0 Å². The Hall–Kier alpha value is -3.00. The topological polar surface area (TPSA) is 71.4 Å². The summed E-state index contributed by atoms with van der Waals surface area (Å²) in [6.07, 6.45) is 1.20. The zero-order valence-electron chi connectivity index (χ0n) is 14.7. The van der Waals surface area contributed by atoms with E-state index in [0.29, 0.717) is 17.2 Å². The molecule has 0 aliphatic carbocycles. The van der Waals surface area contributed by atoms with E-state index in [2.05, 4.69) is 18.3 Å². The highest BCUT2D eigenvalue weighted by molar-refractivity contribution is 5.94. The van der Waals surface area contributed by atoms with Crippen molar-refractivity contribution in [2.75, 3.05) is 19.5 Å². The fraction of sp³-hybridized carbons (Fsp3) is 0.300. The zero-order chi connectivity index (χ0) is 18.2. The maximum Gasteiger partial charge on any atom is 0.242 e. The van der Waals surface area contributed by atoms with Gasteiger partial charge in [0.2, 0.25) is 5.91 Å². The van der Waals surface area contributed by atoms with E-state index in [9.17, 15) is 10.1 Å². The molecule has 1 amide bonds. The molecular weight excluding hydrogens is 316 g/mol. The molecule has 0 saturated carbocycles. The molecule has 0 radical (unpaired) electrons. The molecule has 0 saturated heterocycles. The van der Waals surface area contributed by atoms with E-state index in [0.717, 1.165) is 12.0 Å². The van der Waals surface area contributed by atoms with Crippen LogP contribution >= 0.6 is 0 Å². The lowest BCUT2D eigenvalue weighted by atomic mass is 9.98. The summed E-state index contributed by atoms with van der Waals surface area (Å²) in [5.41, 5.74) is 2.66. The summed E-state index contributed by atoms with van der Waals surface area (Å²) in [5, 5.41) is 12.2. The van der Waals surface area contributed by atoms with Crippen molar-refractivity contribution in [3.63, 3.8) is 0 Å². The Bertz CT molecular complexity index is 764. The number of amides is 1. The number of benzene rings is 2. The summed E-state index contributed by atoms with van der Waals surface area (Å²) in [6, 6.07) is 15.0. The number of carbonyl (C=O) groups is 1. The maximum absolute atomic E-state index is 12.4. The zero-order valence-corrected chi connectivity index (χ0v) is 14.7. The van der Waals surface area contributed by atoms with Gasteiger partial charge in [0.25, 0.3) is 0 Å². The first-order valence-corrected chi connectivity index (χ1v) is 8.11. The van der Waals surface area contributed by atoms with Gasteiger partial charge in [-0.2, -0.15) is 5.26 Å². The second-order valence-corrected chi connectivity index (χ2v) is 5.60. The summed E-state index contributed by atoms with van der Waals surface area (Å²) in [5.74, 6) is 0.118. The molecule has 0 spiro atoms. The van der Waals surface area contributed by atoms with E-state index in [-0.39, 0.29) is 12.3 Å². The Kier molecular flexibility index (Phi) is 6.41. The smallest absolute Gasteiger partial charge is 0.242 e. The third kappa shape index (κ3) is 4.74. The van der Waals surface area contributed by atoms with Crippen molar-refractivity contribution >= 4 is 11.6 Å². The fourth-order valence-electron chi connectivity index (χ4n) is 2.49. The van der Waals surface area contributed by atoms with Gasteiger partial charge < -0.3 is 14.8 Å². The molecule has 2 rings (SSSR count). The van der Waals surface area contributed by atoms with Gasteiger partial charge in [0, 0.05) is 18.2 Å². The number of aryl methyl sites for hydroxylation is 1. The minimum atomic E-state index is -0.812. The van der Waals surface area contributed by atoms with Crippen LogP contribution in [0.3, 0.4) is 0 Å². The van der Waals surface area contributed by atoms with Crippen LogP contribution in [0.25, 0.3) is 0 Å². The number of ether oxygens (including phenoxy) is 2. The van der Waals surface area contributed by atoms with Crippen molar-refractivity contribution < 1.29 is 14.3 Å². The fourth-order valence-corrected chi connectivity index (χ4v) is 2.49. The molecule has 0 fully saturated rings. The highest BCUT2D eigenvalue weighted by atomic mass is 16.5. The minimum absolute atomic E-state index is 0.266. The molecule has 5 nitrogen and oxygen atoms in total. The van der Waals surface area contributed by atoms with E-state index in [1.165, 1.54) is 5.56 Å². The number of nitriles is 1. The SMILES string of the molecule is CCc1ccc(NC(=O)[C@H](C#N)Cc2ccc(OC)cc2OC)cc1. The first-order valence-electron chi connectivity index (χ1n) is 8.11. The van der Waals surface area contributed by atoms with Crippen molar-refractivity contribution in [3.8, 4) is 17.6 Å². The van der Waals surface area contributed by atoms with E-state index in [1.807, 2.05) is 30.3 Å². The second-order valence-electron chi connectivity index (χ2n) is 5.60. The average molecular weight is 338 g/mol. The van der Waals surface area contributed by atoms with Gasteiger partial charge >= 0.3 is 0 Å². The predicted molar refractivity (Wildman–Crippen MR) is 96.8 cm³/mol. The molecule has 0 bridgehead atoms. The number of nitrogens with one attached hydrogen (secondary N) is 1. The Morgan fingerprint density at radius 2 is 1.88 bits per heavy atom. The minimum Gasteiger partial charge on any atom is -0.497 e. The number of hydrogen-bond acceptors (Lipinski definition) is 4. The molecule has 25 heavy (non-hydrogen) atoms. The number of methoxy groups -OCH3 is 2. The largest absolute Gasteiger partial charge is 0.497 e. The highest BCUT2D eigenvalue weighted by Gasteiger charge is 2.20. The molecule has 0 aromatic heterocycles. The van der Waals surface area contributed by atoms with Crippen LogP contribution in [-0.2, 0) is 17.6 Å². The van der Waals surface area contributed by atoms with Crippen LogP contribution in [0.2, 0.25) is 0 Å². The quantitative estimate of drug-likeness (QED) is 0.837. The molecule has 130 valence electrons. The number of rotatable bonds is 7. The molecule has 2 aromatic rings. The third-order valence-electron chi connectivity index (χ3n) is 4.02. The standard InChI is InChI=1S/C20H22N2O3/c1-4-14-5-8-17(9-6-14)22-20(23)16(13-21)11-15-7-10-18(24-2)12-19(15)25-3/h5-10,12,16H,4,11H2,1-3H3,(H,22,23)/t16-/m0/s1. The van der Waals surface area contributed by atoms with Crippen molar-refractivity contribution in [2.24, 2.45) is 5.92 Å². The first-order chi connectivity index (χ1) is 12.1. The highest BCUT2D eigenvalue weighted by Crippen LogP contribution is 2.27. The molecule has 0 heterocycles. The molecule has 0 aliphatic rings. The second kappa shape index (κ2) is 8.74. The molecule has 2 aromatic carbocycles. The van der Waals surface area contributed by atoms with Crippen molar-refractivity contribution in [3.05, 3.63) is 53.6 Å². The monoisotopic (exact) mass is 338 g/mol. The predicted octanol–water partition coefficient (Wildman–Crippen LogP) is 3.59. The molecule has 1 N–H and O–H groups in total. The summed E-state index contributed by atoms with van der Waals surface area (Å²) in [6.45, 7) is 2.07. The molecule has 1 atom stereocenters. The molecule has 5 heteroatoms. The van der Waals surface area contributed by atoms with Crippen molar-refractivity contribution in [1.29, 1.82) is 5.26 Å². The van der Waals surface area contributed by atoms with Gasteiger partial charge in [0.1, 0.15) is 17.4 Å². The van der Waals surface area contributed by atoms with Gasteiger partial charge in [-0.3, -0.25) is 4.79 Å². The van der Waals surface area contributed by atoms with Crippen LogP contribution in [-0.4, -0.2) is 20.1 Å². The number of carbonyl (C=O) groups excluding carboxylic acids is 1. The normalized spacial score (nSPS) is 11.3. The first kappa shape index (κ1) is 18.3. The van der Waals surface area contributed by atoms with Crippen LogP contribution in [0.15, 0.2) is 42.5 Å². The third-order valence-corrected chi connectivity index (χ3v) is 4.02. The van der Waals surface area contributed by atoms with Gasteiger partial charge in [0.15, 0.2) is 0 Å². The van der Waals surface area contributed by atoms with E-state index < -0.39 is 5.92 Å². The number of nitrogens with zero attached hydrogens (tertiary/aromatic N) is 1. The Morgan fingerprint density at radius 3 is 2.44 bits per heavy atom. The summed E-state index contributed by atoms with van der Waals surface area (Å²) < 4.78 is 10.5. The Labute approximate surface area is 148 Å². The van der Waals surface area contributed by atoms with Gasteiger partial charge in [-0.05, 0) is 35.7 Å². The van der Waals surface area contributed by atoms with Gasteiger partial charge in [-0.25, -0.2) is 0 Å². The lowest BCUT2D eigenvalue weighted by molar-refractivity contribution is -0.118. The van der Waals surface area contributed by atoms with Crippen LogP contribution in [0.4, 0.5) is 5.69 Å². The van der Waals surface area contributed by atoms with Gasteiger partial charge in [-0.15, -0.1) is 0 Å². The Balaban J connectivity index is 2.11. The van der Waals surface area contributed by atoms with Gasteiger partial charge in [0.05, 0.1) is 20.3 Å². The number of hydrogen-bond donors (Lipinski definition) is 1. The maximum atomic E-state index is 12.4. The molecular formula is C20H22N2O3. The lowest BCUT2D eigenvalue weighted by Crippen LogP contribution is -2.23. The van der Waals surface area contributed by atoms with Crippen LogP contribution in [0.1, 0.15) is 18.1 Å². The van der Waals surface area contributed by atoms with E-state index >= 15 is 0 Å². The lowest BCUT2D eigenvalue weighted by Gasteiger charge is -2.14. The van der Waals surface area contributed by atoms with Crippen LogP contribution in [0.5, 0.6) is 11.5 Å². The van der Waals surface area contributed by atoms with Crippen LogP contribution in [0, 0.1) is 17.2 Å². The van der Waals surface area contributed by atoms with E-state index in [4.69, 9.17) is 9.47 Å². The summed E-state index contributed by atoms with van der Waals surface area (Å²) >= 11 is 0. The molecule has 0 aliphatic heterocycles.